The summed E-state index contributed by atoms with van der Waals surface area (Å²) in [6, 6.07) is 13.9. The summed E-state index contributed by atoms with van der Waals surface area (Å²) in [7, 11) is 1.64. The number of hydrogen-bond acceptors (Lipinski definition) is 1. The summed E-state index contributed by atoms with van der Waals surface area (Å²) >= 11 is 3.59. The maximum atomic E-state index is 13.3. The third kappa shape index (κ3) is 3.39. The number of amides is 2. The molecule has 0 aromatic heterocycles. The monoisotopic (exact) mass is 376 g/mol. The third-order valence-corrected chi connectivity index (χ3v) is 5.07. The minimum Gasteiger partial charge on any atom is -0.337 e. The third-order valence-electron chi connectivity index (χ3n) is 4.38. The molecule has 1 N–H and O–H groups in total. The van der Waals surface area contributed by atoms with Crippen LogP contribution in [0.5, 0.6) is 0 Å². The van der Waals surface area contributed by atoms with Gasteiger partial charge in [0.15, 0.2) is 0 Å². The SMILES string of the molecule is CN(C(=O)NCC1(c2ccccc2Br)CC1)c1cccc(F)c1. The van der Waals surface area contributed by atoms with Crippen LogP contribution in [0, 0.1) is 5.82 Å². The lowest BCUT2D eigenvalue weighted by molar-refractivity contribution is 0.246. The van der Waals surface area contributed by atoms with Crippen LogP contribution in [-0.4, -0.2) is 19.6 Å². The summed E-state index contributed by atoms with van der Waals surface area (Å²) in [5, 5.41) is 2.97. The highest BCUT2D eigenvalue weighted by Gasteiger charge is 2.45. The highest BCUT2D eigenvalue weighted by molar-refractivity contribution is 9.10. The number of urea groups is 1. The second-order valence-corrected chi connectivity index (χ2v) is 6.81. The maximum Gasteiger partial charge on any atom is 0.321 e. The van der Waals surface area contributed by atoms with Crippen LogP contribution in [0.25, 0.3) is 0 Å². The molecule has 0 radical (unpaired) electrons. The number of nitrogens with one attached hydrogen (secondary N) is 1. The number of hydrogen-bond donors (Lipinski definition) is 1. The van der Waals surface area contributed by atoms with Crippen LogP contribution in [0.3, 0.4) is 0 Å². The fraction of sp³-hybridized carbons (Fsp3) is 0.278. The first-order valence-electron chi connectivity index (χ1n) is 7.54. The predicted octanol–water partition coefficient (Wildman–Crippen LogP) is 4.47. The van der Waals surface area contributed by atoms with Crippen LogP contribution in [0.4, 0.5) is 14.9 Å². The zero-order valence-electron chi connectivity index (χ0n) is 12.9. The lowest BCUT2D eigenvalue weighted by Gasteiger charge is -2.22. The van der Waals surface area contributed by atoms with E-state index < -0.39 is 0 Å². The molecule has 3 nitrogen and oxygen atoms in total. The van der Waals surface area contributed by atoms with Gasteiger partial charge in [0.05, 0.1) is 0 Å². The Morgan fingerprint density at radius 2 is 2.00 bits per heavy atom. The molecule has 1 fully saturated rings. The number of carbonyl (C=O) groups is 1. The summed E-state index contributed by atoms with van der Waals surface area (Å²) in [4.78, 5) is 13.8. The summed E-state index contributed by atoms with van der Waals surface area (Å²) in [6.07, 6.45) is 2.11. The molecule has 0 heterocycles. The van der Waals surface area contributed by atoms with Crippen molar-refractivity contribution < 1.29 is 9.18 Å². The van der Waals surface area contributed by atoms with Gasteiger partial charge in [0, 0.05) is 29.2 Å². The van der Waals surface area contributed by atoms with Crippen LogP contribution in [0.1, 0.15) is 18.4 Å². The number of anilines is 1. The molecule has 1 saturated carbocycles. The molecule has 0 unspecified atom stereocenters. The molecule has 2 aromatic carbocycles. The largest absolute Gasteiger partial charge is 0.337 e. The van der Waals surface area contributed by atoms with E-state index in [1.165, 1.54) is 22.6 Å². The molecule has 3 rings (SSSR count). The van der Waals surface area contributed by atoms with Crippen LogP contribution in [0.2, 0.25) is 0 Å². The second kappa shape index (κ2) is 6.32. The van der Waals surface area contributed by atoms with Gasteiger partial charge in [-0.15, -0.1) is 0 Å². The molecule has 0 saturated heterocycles. The molecular weight excluding hydrogens is 359 g/mol. The van der Waals surface area contributed by atoms with Crippen LogP contribution < -0.4 is 10.2 Å². The van der Waals surface area contributed by atoms with Gasteiger partial charge < -0.3 is 5.32 Å². The molecule has 1 aliphatic rings. The first kappa shape index (κ1) is 16.0. The van der Waals surface area contributed by atoms with Gasteiger partial charge in [-0.3, -0.25) is 4.90 Å². The van der Waals surface area contributed by atoms with Crippen molar-refractivity contribution in [3.8, 4) is 0 Å². The van der Waals surface area contributed by atoms with Gasteiger partial charge in [0.2, 0.25) is 0 Å². The molecule has 2 amide bonds. The molecule has 0 bridgehead atoms. The van der Waals surface area contributed by atoms with Gasteiger partial charge in [0.25, 0.3) is 0 Å². The maximum absolute atomic E-state index is 13.3. The van der Waals surface area contributed by atoms with E-state index in [4.69, 9.17) is 0 Å². The molecule has 5 heteroatoms. The Morgan fingerprint density at radius 3 is 2.65 bits per heavy atom. The molecular formula is C18H18BrFN2O. The number of halogens is 2. The number of benzene rings is 2. The molecule has 0 aliphatic heterocycles. The fourth-order valence-corrected chi connectivity index (χ4v) is 3.45. The predicted molar refractivity (Wildman–Crippen MR) is 93.3 cm³/mol. The van der Waals surface area contributed by atoms with Crippen molar-refractivity contribution in [1.82, 2.24) is 5.32 Å². The average Bonchev–Trinajstić information content (AvgIpc) is 3.33. The minimum atomic E-state index is -0.353. The summed E-state index contributed by atoms with van der Waals surface area (Å²) in [6.45, 7) is 0.577. The van der Waals surface area contributed by atoms with E-state index in [0.717, 1.165) is 17.3 Å². The molecule has 2 aromatic rings. The van der Waals surface area contributed by atoms with Crippen LogP contribution >= 0.6 is 15.9 Å². The lowest BCUT2D eigenvalue weighted by Crippen LogP contribution is -2.41. The number of rotatable bonds is 4. The standard InChI is InChI=1S/C18H18BrFN2O/c1-22(14-6-4-5-13(20)11-14)17(23)21-12-18(9-10-18)15-7-2-3-8-16(15)19/h2-8,11H,9-10,12H2,1H3,(H,21,23). The van der Waals surface area contributed by atoms with E-state index >= 15 is 0 Å². The van der Waals surface area contributed by atoms with Gasteiger partial charge in [-0.05, 0) is 42.7 Å². The Morgan fingerprint density at radius 1 is 1.26 bits per heavy atom. The Kier molecular flexibility index (Phi) is 4.39. The van der Waals surface area contributed by atoms with E-state index in [9.17, 15) is 9.18 Å². The quantitative estimate of drug-likeness (QED) is 0.838. The second-order valence-electron chi connectivity index (χ2n) is 5.96. The molecule has 0 spiro atoms. The Bertz CT molecular complexity index is 730. The van der Waals surface area contributed by atoms with Crippen molar-refractivity contribution in [1.29, 1.82) is 0 Å². The van der Waals surface area contributed by atoms with Gasteiger partial charge in [-0.2, -0.15) is 0 Å². The summed E-state index contributed by atoms with van der Waals surface area (Å²) in [5.74, 6) is -0.353. The van der Waals surface area contributed by atoms with E-state index in [-0.39, 0.29) is 17.3 Å². The van der Waals surface area contributed by atoms with Crippen molar-refractivity contribution in [2.45, 2.75) is 18.3 Å². The highest BCUT2D eigenvalue weighted by Crippen LogP contribution is 2.49. The van der Waals surface area contributed by atoms with Gasteiger partial charge in [0.1, 0.15) is 5.82 Å². The van der Waals surface area contributed by atoms with E-state index in [1.54, 1.807) is 19.2 Å². The Labute approximate surface area is 143 Å². The van der Waals surface area contributed by atoms with Crippen molar-refractivity contribution in [2.24, 2.45) is 0 Å². The van der Waals surface area contributed by atoms with E-state index in [1.807, 2.05) is 18.2 Å². The van der Waals surface area contributed by atoms with Gasteiger partial charge >= 0.3 is 6.03 Å². The highest BCUT2D eigenvalue weighted by atomic mass is 79.9. The van der Waals surface area contributed by atoms with Crippen molar-refractivity contribution >= 4 is 27.6 Å². The van der Waals surface area contributed by atoms with Crippen molar-refractivity contribution in [2.75, 3.05) is 18.5 Å². The zero-order valence-corrected chi connectivity index (χ0v) is 14.4. The first-order valence-corrected chi connectivity index (χ1v) is 8.33. The number of nitrogens with zero attached hydrogens (tertiary/aromatic N) is 1. The van der Waals surface area contributed by atoms with E-state index in [0.29, 0.717) is 12.2 Å². The summed E-state index contributed by atoms with van der Waals surface area (Å²) < 4.78 is 14.4. The Balaban J connectivity index is 1.66. The van der Waals surface area contributed by atoms with Crippen LogP contribution in [0.15, 0.2) is 53.0 Å². The summed E-state index contributed by atoms with van der Waals surface area (Å²) in [5.41, 5.74) is 1.78. The first-order chi connectivity index (χ1) is 11.0. The number of carbonyl (C=O) groups excluding carboxylic acids is 1. The molecule has 1 aliphatic carbocycles. The van der Waals surface area contributed by atoms with Crippen molar-refractivity contribution in [3.05, 3.63) is 64.4 Å². The molecule has 0 atom stereocenters. The van der Waals surface area contributed by atoms with Crippen LogP contribution in [-0.2, 0) is 5.41 Å². The van der Waals surface area contributed by atoms with E-state index in [2.05, 4.69) is 27.3 Å². The minimum absolute atomic E-state index is 0.0124. The Hall–Kier alpha value is -1.88. The van der Waals surface area contributed by atoms with Gasteiger partial charge in [-0.25, -0.2) is 9.18 Å². The lowest BCUT2D eigenvalue weighted by atomic mass is 9.96. The molecule has 23 heavy (non-hydrogen) atoms. The average molecular weight is 377 g/mol. The van der Waals surface area contributed by atoms with Crippen molar-refractivity contribution in [3.63, 3.8) is 0 Å². The fourth-order valence-electron chi connectivity index (χ4n) is 2.75. The topological polar surface area (TPSA) is 32.3 Å². The smallest absolute Gasteiger partial charge is 0.321 e. The zero-order chi connectivity index (χ0) is 16.4. The normalized spacial score (nSPS) is 15.1. The molecule has 120 valence electrons. The van der Waals surface area contributed by atoms with Gasteiger partial charge in [-0.1, -0.05) is 40.2 Å².